The Morgan fingerprint density at radius 3 is 1.19 bits per heavy atom. The molecule has 10 heteroatoms. The van der Waals surface area contributed by atoms with Crippen molar-refractivity contribution >= 4 is 35.4 Å². The molecule has 2 aliphatic carbocycles. The minimum Gasteiger partial charge on any atom is -0.481 e. The van der Waals surface area contributed by atoms with Crippen molar-refractivity contribution in [3.05, 3.63) is 130 Å². The van der Waals surface area contributed by atoms with Gasteiger partial charge in [-0.05, 0) is 74.7 Å². The molecule has 0 aromatic carbocycles. The van der Waals surface area contributed by atoms with E-state index in [1.54, 1.807) is 13.8 Å². The van der Waals surface area contributed by atoms with E-state index < -0.39 is 46.9 Å². The number of hydrogen-bond donors (Lipinski definition) is 2. The summed E-state index contributed by atoms with van der Waals surface area (Å²) in [6, 6.07) is 0. The van der Waals surface area contributed by atoms with Crippen molar-refractivity contribution in [1.29, 1.82) is 0 Å². The highest BCUT2D eigenvalue weighted by Gasteiger charge is 2.41. The average molecular weight is 797 g/mol. The minimum absolute atomic E-state index is 0.263. The Hall–Kier alpha value is -5.64. The number of ether oxygens (including phenoxy) is 2. The molecule has 0 aromatic heterocycles. The van der Waals surface area contributed by atoms with Crippen LogP contribution in [0.2, 0.25) is 0 Å². The molecule has 0 heterocycles. The summed E-state index contributed by atoms with van der Waals surface area (Å²) in [5.74, 6) is -4.09. The van der Waals surface area contributed by atoms with E-state index in [4.69, 9.17) is 19.7 Å². The lowest BCUT2D eigenvalue weighted by Crippen LogP contribution is -2.39. The van der Waals surface area contributed by atoms with Crippen LogP contribution in [-0.4, -0.2) is 57.9 Å². The van der Waals surface area contributed by atoms with Gasteiger partial charge in [0, 0.05) is 12.8 Å². The third kappa shape index (κ3) is 16.1. The molecule has 0 fully saturated rings. The largest absolute Gasteiger partial charge is 0.481 e. The molecular weight excluding hydrogens is 737 g/mol. The van der Waals surface area contributed by atoms with E-state index in [9.17, 15) is 28.8 Å². The van der Waals surface area contributed by atoms with E-state index in [2.05, 4.69) is 0 Å². The monoisotopic (exact) mass is 796 g/mol. The second-order valence-corrected chi connectivity index (χ2v) is 16.1. The number of hydrogen-bond acceptors (Lipinski definition) is 8. The van der Waals surface area contributed by atoms with Gasteiger partial charge in [0.2, 0.25) is 0 Å². The van der Waals surface area contributed by atoms with Crippen molar-refractivity contribution in [2.45, 2.75) is 120 Å². The normalized spacial score (nSPS) is 21.1. The van der Waals surface area contributed by atoms with E-state index in [0.29, 0.717) is 24.0 Å². The van der Waals surface area contributed by atoms with Crippen LogP contribution in [-0.2, 0) is 38.2 Å². The fourth-order valence-electron chi connectivity index (χ4n) is 6.61. The van der Waals surface area contributed by atoms with Crippen molar-refractivity contribution in [2.24, 2.45) is 10.8 Å². The van der Waals surface area contributed by atoms with E-state index in [-0.39, 0.29) is 37.2 Å². The first-order valence-corrected chi connectivity index (χ1v) is 19.5. The van der Waals surface area contributed by atoms with Crippen molar-refractivity contribution in [2.75, 3.05) is 0 Å². The first-order chi connectivity index (χ1) is 27.0. The zero-order chi connectivity index (χ0) is 43.8. The molecule has 2 N–H and O–H groups in total. The zero-order valence-electron chi connectivity index (χ0n) is 35.6. The van der Waals surface area contributed by atoms with Crippen LogP contribution < -0.4 is 0 Å². The summed E-state index contributed by atoms with van der Waals surface area (Å²) in [7, 11) is 0. The number of ketones is 2. The standard InChI is InChI=1S/C48H60O10/c1-31(17-13-19-33(3)21-23-37-35(5)45(55)39(29-47(37,7)8)57-43(53)27-25-41(49)50)15-11-12-16-32(2)18-14-20-34(4)22-24-38-36(6)46(56)40(30-48(38,9)10)58-44(54)28-26-42(51)52/h11-24,39-40H,25-30H2,1-10H3,(H,49,50)(H,51,52)/b12-11+,17-13+,18-14+,23-21+,24-22+,31-15+,32-16+,33-19+,34-20+/t39-,40-/m1/s1. The summed E-state index contributed by atoms with van der Waals surface area (Å²) in [5, 5.41) is 17.6. The molecule has 2 atom stereocenters. The minimum atomic E-state index is -1.09. The molecule has 0 unspecified atom stereocenters. The molecule has 0 aromatic rings. The van der Waals surface area contributed by atoms with Crippen molar-refractivity contribution in [1.82, 2.24) is 0 Å². The average Bonchev–Trinajstić information content (AvgIpc) is 3.12. The Bertz CT molecular complexity index is 1820. The number of carboxylic acid groups (broad SMARTS) is 2. The molecular formula is C48H60O10. The van der Waals surface area contributed by atoms with Gasteiger partial charge in [-0.15, -0.1) is 0 Å². The van der Waals surface area contributed by atoms with Gasteiger partial charge in [0.1, 0.15) is 0 Å². The number of rotatable bonds is 18. The summed E-state index contributed by atoms with van der Waals surface area (Å²) in [6.45, 7) is 19.4. The molecule has 58 heavy (non-hydrogen) atoms. The maximum Gasteiger partial charge on any atom is 0.307 e. The Morgan fingerprint density at radius 2 is 0.862 bits per heavy atom. The molecule has 0 bridgehead atoms. The van der Waals surface area contributed by atoms with Gasteiger partial charge in [0.05, 0.1) is 25.7 Å². The molecule has 2 rings (SSSR count). The fraction of sp³-hybridized carbons (Fsp3) is 0.417. The highest BCUT2D eigenvalue weighted by Crippen LogP contribution is 2.42. The molecule has 0 saturated heterocycles. The number of Topliss-reactive ketones (excluding diaryl/α,β-unsaturated/α-hetero) is 2. The van der Waals surface area contributed by atoms with Gasteiger partial charge in [0.25, 0.3) is 0 Å². The van der Waals surface area contributed by atoms with Crippen molar-refractivity contribution in [3.63, 3.8) is 0 Å². The Morgan fingerprint density at radius 1 is 0.552 bits per heavy atom. The first-order valence-electron chi connectivity index (χ1n) is 19.5. The molecule has 312 valence electrons. The lowest BCUT2D eigenvalue weighted by atomic mass is 9.71. The summed E-state index contributed by atoms with van der Waals surface area (Å²) >= 11 is 0. The second kappa shape index (κ2) is 22.3. The second-order valence-electron chi connectivity index (χ2n) is 16.1. The third-order valence-electron chi connectivity index (χ3n) is 9.91. The number of aliphatic carboxylic acids is 2. The van der Waals surface area contributed by atoms with E-state index in [1.165, 1.54) is 0 Å². The van der Waals surface area contributed by atoms with Gasteiger partial charge in [-0.25, -0.2) is 0 Å². The van der Waals surface area contributed by atoms with Gasteiger partial charge in [-0.2, -0.15) is 0 Å². The highest BCUT2D eigenvalue weighted by atomic mass is 16.6. The highest BCUT2D eigenvalue weighted by molar-refractivity contribution is 6.02. The van der Waals surface area contributed by atoms with Gasteiger partial charge in [0.15, 0.2) is 23.8 Å². The lowest BCUT2D eigenvalue weighted by Gasteiger charge is -2.36. The van der Waals surface area contributed by atoms with Crippen LogP contribution in [0.3, 0.4) is 0 Å². The Labute approximate surface area is 343 Å². The lowest BCUT2D eigenvalue weighted by molar-refractivity contribution is -0.157. The number of carbonyl (C=O) groups is 6. The fourth-order valence-corrected chi connectivity index (χ4v) is 6.61. The maximum atomic E-state index is 13.0. The number of esters is 2. The number of allylic oxidation sites excluding steroid dienone is 20. The van der Waals surface area contributed by atoms with Gasteiger partial charge in [-0.3, -0.25) is 28.8 Å². The van der Waals surface area contributed by atoms with Crippen molar-refractivity contribution < 1.29 is 48.5 Å². The van der Waals surface area contributed by atoms with Crippen LogP contribution in [0, 0.1) is 10.8 Å². The predicted molar refractivity (Wildman–Crippen MR) is 226 cm³/mol. The summed E-state index contributed by atoms with van der Waals surface area (Å²) in [4.78, 5) is 71.7. The van der Waals surface area contributed by atoms with Gasteiger partial charge in [-0.1, -0.05) is 135 Å². The van der Waals surface area contributed by atoms with Crippen LogP contribution in [0.25, 0.3) is 0 Å². The first kappa shape index (κ1) is 48.5. The Balaban J connectivity index is 1.97. The number of carbonyl (C=O) groups excluding carboxylic acids is 4. The molecule has 0 spiro atoms. The quantitative estimate of drug-likeness (QED) is 0.101. The van der Waals surface area contributed by atoms with E-state index in [1.807, 2.05) is 140 Å². The van der Waals surface area contributed by atoms with Gasteiger partial charge >= 0.3 is 23.9 Å². The molecule has 2 aliphatic rings. The molecule has 0 radical (unpaired) electrons. The predicted octanol–water partition coefficient (Wildman–Crippen LogP) is 9.74. The SMILES string of the molecule is CC1=C(/C=C/C(C)=C/C=C/C(C)=C/C=C/C=C(C)/C=C/C=C(C)/C=C/C2=C(C)C(=O)[C@H](OC(=O)CCC(=O)O)CC2(C)C)C(C)(C)C[C@@H](OC(=O)CCC(=O)O)C1=O. The molecule has 0 saturated carbocycles. The maximum absolute atomic E-state index is 13.0. The molecule has 0 amide bonds. The van der Waals surface area contributed by atoms with Crippen LogP contribution >= 0.6 is 0 Å². The summed E-state index contributed by atoms with van der Waals surface area (Å²) in [5.41, 5.74) is 6.02. The van der Waals surface area contributed by atoms with E-state index in [0.717, 1.165) is 33.4 Å². The molecule has 0 aliphatic heterocycles. The smallest absolute Gasteiger partial charge is 0.307 e. The van der Waals surface area contributed by atoms with Crippen LogP contribution in [0.5, 0.6) is 0 Å². The Kier molecular flexibility index (Phi) is 18.7. The third-order valence-corrected chi connectivity index (χ3v) is 9.91. The number of carboxylic acids is 2. The van der Waals surface area contributed by atoms with Gasteiger partial charge < -0.3 is 19.7 Å². The van der Waals surface area contributed by atoms with E-state index >= 15 is 0 Å². The topological polar surface area (TPSA) is 161 Å². The van der Waals surface area contributed by atoms with Crippen LogP contribution in [0.1, 0.15) is 108 Å². The zero-order valence-corrected chi connectivity index (χ0v) is 35.6. The van der Waals surface area contributed by atoms with Crippen molar-refractivity contribution in [3.8, 4) is 0 Å². The molecule has 10 nitrogen and oxygen atoms in total. The van der Waals surface area contributed by atoms with Crippen LogP contribution in [0.4, 0.5) is 0 Å². The van der Waals surface area contributed by atoms with Crippen LogP contribution in [0.15, 0.2) is 130 Å². The summed E-state index contributed by atoms with van der Waals surface area (Å²) in [6.07, 6.45) is 25.2. The summed E-state index contributed by atoms with van der Waals surface area (Å²) < 4.78 is 10.7.